The van der Waals surface area contributed by atoms with Gasteiger partial charge in [0.25, 0.3) is 0 Å². The van der Waals surface area contributed by atoms with Gasteiger partial charge in [-0.2, -0.15) is 4.31 Å². The fraction of sp³-hybridized carbons (Fsp3) is 0.385. The molecule has 1 aliphatic heterocycles. The highest BCUT2D eigenvalue weighted by molar-refractivity contribution is 7.89. The molecule has 2 aromatic carbocycles. The van der Waals surface area contributed by atoms with E-state index in [1.165, 1.54) is 31.4 Å². The zero-order chi connectivity index (χ0) is 26.3. The summed E-state index contributed by atoms with van der Waals surface area (Å²) in [6.45, 7) is 5.34. The Bertz CT molecular complexity index is 1170. The van der Waals surface area contributed by atoms with Crippen molar-refractivity contribution in [3.63, 3.8) is 0 Å². The van der Waals surface area contributed by atoms with Gasteiger partial charge in [0.05, 0.1) is 18.0 Å². The molecule has 2 atom stereocenters. The van der Waals surface area contributed by atoms with Gasteiger partial charge in [0.15, 0.2) is 0 Å². The molecule has 1 aliphatic rings. The molecular formula is C26H33N3O6S. The molecule has 0 saturated carbocycles. The van der Waals surface area contributed by atoms with Crippen LogP contribution in [0.1, 0.15) is 32.8 Å². The monoisotopic (exact) mass is 515 g/mol. The molecule has 0 bridgehead atoms. The second kappa shape index (κ2) is 11.6. The highest BCUT2D eigenvalue weighted by atomic mass is 32.2. The maximum Gasteiger partial charge on any atom is 0.327 e. The van der Waals surface area contributed by atoms with Crippen molar-refractivity contribution >= 4 is 22.0 Å². The molecule has 0 saturated heterocycles. The number of esters is 1. The standard InChI is InChI=1S/C26H33N3O6S/c1-26(2,3)35-24(30)23-22(28-25(31)27-18-19-10-6-5-7-11-19)12-8-9-17-29(23)36(32,33)21-15-13-20(34-4)14-16-21/h5-11,13-16,22-23H,12,17-18H2,1-4H3,(H2,27,28,31). The van der Waals surface area contributed by atoms with Crippen molar-refractivity contribution in [1.82, 2.24) is 14.9 Å². The molecule has 2 aromatic rings. The van der Waals surface area contributed by atoms with Crippen LogP contribution in [-0.2, 0) is 26.1 Å². The average Bonchev–Trinajstić information content (AvgIpc) is 3.05. The summed E-state index contributed by atoms with van der Waals surface area (Å²) in [4.78, 5) is 26.1. The van der Waals surface area contributed by atoms with Gasteiger partial charge in [0, 0.05) is 13.1 Å². The molecule has 194 valence electrons. The lowest BCUT2D eigenvalue weighted by Crippen LogP contribution is -2.58. The molecule has 0 aromatic heterocycles. The summed E-state index contributed by atoms with van der Waals surface area (Å²) in [6, 6.07) is 12.6. The maximum absolute atomic E-state index is 13.7. The van der Waals surface area contributed by atoms with Gasteiger partial charge in [-0.1, -0.05) is 42.5 Å². The lowest BCUT2D eigenvalue weighted by molar-refractivity contribution is -0.160. The van der Waals surface area contributed by atoms with Crippen molar-refractivity contribution in [1.29, 1.82) is 0 Å². The van der Waals surface area contributed by atoms with Gasteiger partial charge in [-0.15, -0.1) is 0 Å². The number of nitrogens with one attached hydrogen (secondary N) is 2. The quantitative estimate of drug-likeness (QED) is 0.432. The fourth-order valence-corrected chi connectivity index (χ4v) is 5.34. The van der Waals surface area contributed by atoms with Gasteiger partial charge in [-0.3, -0.25) is 4.79 Å². The molecule has 36 heavy (non-hydrogen) atoms. The predicted octanol–water partition coefficient (Wildman–Crippen LogP) is 3.22. The van der Waals surface area contributed by atoms with Crippen LogP contribution in [0, 0.1) is 0 Å². The number of hydrogen-bond donors (Lipinski definition) is 2. The Kier molecular flexibility index (Phi) is 8.75. The highest BCUT2D eigenvalue weighted by Crippen LogP contribution is 2.26. The van der Waals surface area contributed by atoms with Crippen LogP contribution in [0.25, 0.3) is 0 Å². The van der Waals surface area contributed by atoms with Crippen molar-refractivity contribution in [2.75, 3.05) is 13.7 Å². The van der Waals surface area contributed by atoms with E-state index in [9.17, 15) is 18.0 Å². The second-order valence-corrected chi connectivity index (χ2v) is 11.2. The number of sulfonamides is 1. The zero-order valence-electron chi connectivity index (χ0n) is 20.9. The van der Waals surface area contributed by atoms with Crippen LogP contribution in [0.5, 0.6) is 5.75 Å². The van der Waals surface area contributed by atoms with Gasteiger partial charge in [-0.25, -0.2) is 13.2 Å². The highest BCUT2D eigenvalue weighted by Gasteiger charge is 2.43. The number of nitrogens with zero attached hydrogens (tertiary/aromatic N) is 1. The Morgan fingerprint density at radius 1 is 1.03 bits per heavy atom. The van der Waals surface area contributed by atoms with Crippen molar-refractivity contribution in [2.45, 2.75) is 56.3 Å². The van der Waals surface area contributed by atoms with E-state index in [2.05, 4.69) is 10.6 Å². The largest absolute Gasteiger partial charge is 0.497 e. The van der Waals surface area contributed by atoms with E-state index >= 15 is 0 Å². The minimum Gasteiger partial charge on any atom is -0.497 e. The summed E-state index contributed by atoms with van der Waals surface area (Å²) in [6.07, 6.45) is 3.67. The van der Waals surface area contributed by atoms with Gasteiger partial charge >= 0.3 is 12.0 Å². The first kappa shape index (κ1) is 27.2. The van der Waals surface area contributed by atoms with Crippen LogP contribution >= 0.6 is 0 Å². The maximum atomic E-state index is 13.7. The Balaban J connectivity index is 1.90. The molecule has 2 N–H and O–H groups in total. The van der Waals surface area contributed by atoms with Crippen LogP contribution in [0.3, 0.4) is 0 Å². The van der Waals surface area contributed by atoms with E-state index in [0.29, 0.717) is 5.75 Å². The molecule has 2 amide bonds. The summed E-state index contributed by atoms with van der Waals surface area (Å²) in [5.74, 6) is -0.236. The number of carbonyl (C=O) groups is 2. The summed E-state index contributed by atoms with van der Waals surface area (Å²) < 4.78 is 39.2. The van der Waals surface area contributed by atoms with Gasteiger partial charge in [-0.05, 0) is 57.0 Å². The number of urea groups is 1. The molecule has 0 aliphatic carbocycles. The van der Waals surface area contributed by atoms with Gasteiger partial charge in [0.2, 0.25) is 10.0 Å². The number of benzene rings is 2. The molecule has 10 heteroatoms. The van der Waals surface area contributed by atoms with Crippen LogP contribution < -0.4 is 15.4 Å². The summed E-state index contributed by atoms with van der Waals surface area (Å²) in [7, 11) is -2.64. The molecule has 0 spiro atoms. The Labute approximate surface area is 212 Å². The van der Waals surface area contributed by atoms with E-state index in [-0.39, 0.29) is 24.4 Å². The number of ether oxygens (including phenoxy) is 2. The SMILES string of the molecule is COc1ccc(S(=O)(=O)N2CC=CCC(NC(=O)NCc3ccccc3)C2C(=O)OC(C)(C)C)cc1. The van der Waals surface area contributed by atoms with E-state index in [1.807, 2.05) is 30.3 Å². The van der Waals surface area contributed by atoms with E-state index in [1.54, 1.807) is 32.9 Å². The number of rotatable bonds is 7. The third-order valence-corrected chi connectivity index (χ3v) is 7.32. The first-order valence-electron chi connectivity index (χ1n) is 11.6. The van der Waals surface area contributed by atoms with Gasteiger partial charge < -0.3 is 20.1 Å². The fourth-order valence-electron chi connectivity index (χ4n) is 3.77. The second-order valence-electron chi connectivity index (χ2n) is 9.35. The Hall–Kier alpha value is -3.37. The molecule has 3 rings (SSSR count). The molecule has 0 radical (unpaired) electrons. The molecular weight excluding hydrogens is 482 g/mol. The number of amides is 2. The lowest BCUT2D eigenvalue weighted by atomic mass is 10.1. The van der Waals surface area contributed by atoms with Crippen LogP contribution in [0.2, 0.25) is 0 Å². The summed E-state index contributed by atoms with van der Waals surface area (Å²) >= 11 is 0. The zero-order valence-corrected chi connectivity index (χ0v) is 21.7. The van der Waals surface area contributed by atoms with Gasteiger partial charge in [0.1, 0.15) is 17.4 Å². The van der Waals surface area contributed by atoms with Crippen molar-refractivity contribution in [2.24, 2.45) is 0 Å². The van der Waals surface area contributed by atoms with Crippen molar-refractivity contribution < 1.29 is 27.5 Å². The summed E-state index contributed by atoms with van der Waals surface area (Å²) in [5.41, 5.74) is 0.0488. The first-order valence-corrected chi connectivity index (χ1v) is 13.1. The minimum absolute atomic E-state index is 0.000521. The molecule has 1 heterocycles. The van der Waals surface area contributed by atoms with Crippen molar-refractivity contribution in [3.8, 4) is 5.75 Å². The average molecular weight is 516 g/mol. The van der Waals surface area contributed by atoms with E-state index in [0.717, 1.165) is 9.87 Å². The number of carbonyl (C=O) groups excluding carboxylic acids is 2. The van der Waals surface area contributed by atoms with Crippen LogP contribution in [-0.4, -0.2) is 56.1 Å². The van der Waals surface area contributed by atoms with Crippen LogP contribution in [0.4, 0.5) is 4.79 Å². The Morgan fingerprint density at radius 3 is 2.31 bits per heavy atom. The topological polar surface area (TPSA) is 114 Å². The molecule has 2 unspecified atom stereocenters. The summed E-state index contributed by atoms with van der Waals surface area (Å²) in [5, 5.41) is 5.55. The first-order chi connectivity index (χ1) is 17.0. The number of hydrogen-bond acceptors (Lipinski definition) is 6. The Morgan fingerprint density at radius 2 is 1.69 bits per heavy atom. The number of methoxy groups -OCH3 is 1. The normalized spacial score (nSPS) is 18.7. The predicted molar refractivity (Wildman–Crippen MR) is 136 cm³/mol. The molecule has 0 fully saturated rings. The van der Waals surface area contributed by atoms with E-state index < -0.39 is 39.7 Å². The molecule has 9 nitrogen and oxygen atoms in total. The van der Waals surface area contributed by atoms with Crippen molar-refractivity contribution in [3.05, 3.63) is 72.3 Å². The minimum atomic E-state index is -4.13. The third-order valence-electron chi connectivity index (χ3n) is 5.46. The van der Waals surface area contributed by atoms with Crippen LogP contribution in [0.15, 0.2) is 71.6 Å². The lowest BCUT2D eigenvalue weighted by Gasteiger charge is -2.34. The smallest absolute Gasteiger partial charge is 0.327 e. The third kappa shape index (κ3) is 7.08. The van der Waals surface area contributed by atoms with E-state index in [4.69, 9.17) is 9.47 Å².